The molecule has 0 saturated carbocycles. The standard InChI is InChI=1S/C15H22ClNO3/c1-4-17(11-15(2,3)19)14(18)10-20-9-12-7-5-6-8-13(12)16/h5-8,19H,4,9-11H2,1-3H3. The van der Waals surface area contributed by atoms with Crippen molar-refractivity contribution in [2.75, 3.05) is 19.7 Å². The summed E-state index contributed by atoms with van der Waals surface area (Å²) < 4.78 is 5.40. The predicted molar refractivity (Wildman–Crippen MR) is 79.7 cm³/mol. The van der Waals surface area contributed by atoms with E-state index in [0.717, 1.165) is 5.56 Å². The van der Waals surface area contributed by atoms with Crippen LogP contribution in [0.4, 0.5) is 0 Å². The Hall–Kier alpha value is -1.10. The largest absolute Gasteiger partial charge is 0.389 e. The molecule has 0 spiro atoms. The van der Waals surface area contributed by atoms with Gasteiger partial charge in [0.05, 0.1) is 12.2 Å². The maximum absolute atomic E-state index is 12.0. The first-order chi connectivity index (χ1) is 9.33. The van der Waals surface area contributed by atoms with Gasteiger partial charge in [-0.2, -0.15) is 0 Å². The first-order valence-electron chi connectivity index (χ1n) is 6.65. The summed E-state index contributed by atoms with van der Waals surface area (Å²) in [6.07, 6.45) is 0. The van der Waals surface area contributed by atoms with E-state index >= 15 is 0 Å². The van der Waals surface area contributed by atoms with Crippen molar-refractivity contribution < 1.29 is 14.6 Å². The van der Waals surface area contributed by atoms with Gasteiger partial charge in [-0.1, -0.05) is 29.8 Å². The first kappa shape index (κ1) is 17.0. The van der Waals surface area contributed by atoms with Gasteiger partial charge < -0.3 is 14.7 Å². The third kappa shape index (κ3) is 5.90. The number of amides is 1. The molecule has 4 nitrogen and oxygen atoms in total. The van der Waals surface area contributed by atoms with E-state index < -0.39 is 5.60 Å². The number of ether oxygens (including phenoxy) is 1. The highest BCUT2D eigenvalue weighted by Gasteiger charge is 2.21. The van der Waals surface area contributed by atoms with Crippen LogP contribution in [0.1, 0.15) is 26.3 Å². The average Bonchev–Trinajstić information content (AvgIpc) is 2.37. The maximum Gasteiger partial charge on any atom is 0.248 e. The van der Waals surface area contributed by atoms with E-state index in [1.807, 2.05) is 25.1 Å². The van der Waals surface area contributed by atoms with Crippen molar-refractivity contribution in [3.63, 3.8) is 0 Å². The zero-order valence-electron chi connectivity index (χ0n) is 12.2. The Labute approximate surface area is 125 Å². The molecular formula is C15H22ClNO3. The molecule has 0 atom stereocenters. The van der Waals surface area contributed by atoms with E-state index in [-0.39, 0.29) is 19.1 Å². The Balaban J connectivity index is 2.44. The average molecular weight is 300 g/mol. The minimum absolute atomic E-state index is 0.0187. The Morgan fingerprint density at radius 3 is 2.60 bits per heavy atom. The van der Waals surface area contributed by atoms with Crippen molar-refractivity contribution in [2.24, 2.45) is 0 Å². The number of aliphatic hydroxyl groups is 1. The van der Waals surface area contributed by atoms with Crippen molar-refractivity contribution in [3.8, 4) is 0 Å². The number of rotatable bonds is 7. The second kappa shape index (κ2) is 7.62. The highest BCUT2D eigenvalue weighted by atomic mass is 35.5. The van der Waals surface area contributed by atoms with Crippen molar-refractivity contribution in [1.82, 2.24) is 4.90 Å². The van der Waals surface area contributed by atoms with Gasteiger partial charge in [0, 0.05) is 18.1 Å². The number of hydrogen-bond acceptors (Lipinski definition) is 3. The van der Waals surface area contributed by atoms with Crippen LogP contribution in [0.2, 0.25) is 5.02 Å². The predicted octanol–water partition coefficient (Wildman–Crippen LogP) is 2.48. The molecule has 1 aromatic rings. The summed E-state index contributed by atoms with van der Waals surface area (Å²) in [7, 11) is 0. The molecule has 1 aromatic carbocycles. The highest BCUT2D eigenvalue weighted by molar-refractivity contribution is 6.31. The van der Waals surface area contributed by atoms with Crippen LogP contribution in [0.5, 0.6) is 0 Å². The Bertz CT molecular complexity index is 443. The molecular weight excluding hydrogens is 278 g/mol. The van der Waals surface area contributed by atoms with Crippen LogP contribution in [-0.2, 0) is 16.1 Å². The smallest absolute Gasteiger partial charge is 0.248 e. The minimum Gasteiger partial charge on any atom is -0.389 e. The molecule has 0 aliphatic heterocycles. The summed E-state index contributed by atoms with van der Waals surface area (Å²) in [5.41, 5.74) is -0.0542. The third-order valence-electron chi connectivity index (χ3n) is 2.75. The second-order valence-corrected chi connectivity index (χ2v) is 5.71. The van der Waals surface area contributed by atoms with Gasteiger partial charge in [-0.05, 0) is 32.4 Å². The van der Waals surface area contributed by atoms with Crippen molar-refractivity contribution in [3.05, 3.63) is 34.9 Å². The number of hydrogen-bond donors (Lipinski definition) is 1. The number of carbonyl (C=O) groups is 1. The van der Waals surface area contributed by atoms with E-state index in [4.69, 9.17) is 16.3 Å². The van der Waals surface area contributed by atoms with Crippen LogP contribution in [-0.4, -0.2) is 41.2 Å². The van der Waals surface area contributed by atoms with Gasteiger partial charge in [0.2, 0.25) is 5.91 Å². The van der Waals surface area contributed by atoms with Gasteiger partial charge in [-0.15, -0.1) is 0 Å². The number of halogens is 1. The second-order valence-electron chi connectivity index (χ2n) is 5.30. The van der Waals surface area contributed by atoms with Crippen LogP contribution in [0.25, 0.3) is 0 Å². The summed E-state index contributed by atoms with van der Waals surface area (Å²) in [6.45, 7) is 6.33. The lowest BCUT2D eigenvalue weighted by Crippen LogP contribution is -2.43. The molecule has 0 bridgehead atoms. The van der Waals surface area contributed by atoms with Crippen LogP contribution in [0.15, 0.2) is 24.3 Å². The highest BCUT2D eigenvalue weighted by Crippen LogP contribution is 2.15. The molecule has 1 amide bonds. The normalized spacial score (nSPS) is 11.4. The Kier molecular flexibility index (Phi) is 6.46. The van der Waals surface area contributed by atoms with Crippen LogP contribution in [0.3, 0.4) is 0 Å². The van der Waals surface area contributed by atoms with Gasteiger partial charge in [0.15, 0.2) is 0 Å². The van der Waals surface area contributed by atoms with Gasteiger partial charge in [0.1, 0.15) is 6.61 Å². The summed E-state index contributed by atoms with van der Waals surface area (Å²) in [5, 5.41) is 10.4. The maximum atomic E-state index is 12.0. The van der Waals surface area contributed by atoms with Gasteiger partial charge in [0.25, 0.3) is 0 Å². The first-order valence-corrected chi connectivity index (χ1v) is 7.02. The van der Waals surface area contributed by atoms with E-state index in [1.54, 1.807) is 24.8 Å². The molecule has 5 heteroatoms. The molecule has 0 fully saturated rings. The van der Waals surface area contributed by atoms with E-state index in [0.29, 0.717) is 18.2 Å². The summed E-state index contributed by atoms with van der Waals surface area (Å²) in [4.78, 5) is 13.6. The molecule has 1 rings (SSSR count). The number of likely N-dealkylation sites (N-methyl/N-ethyl adjacent to an activating group) is 1. The van der Waals surface area contributed by atoms with Crippen LogP contribution >= 0.6 is 11.6 Å². The van der Waals surface area contributed by atoms with E-state index in [9.17, 15) is 9.90 Å². The zero-order valence-corrected chi connectivity index (χ0v) is 13.0. The number of nitrogens with zero attached hydrogens (tertiary/aromatic N) is 1. The summed E-state index contributed by atoms with van der Waals surface area (Å²) in [6, 6.07) is 7.37. The molecule has 20 heavy (non-hydrogen) atoms. The van der Waals surface area contributed by atoms with Gasteiger partial charge >= 0.3 is 0 Å². The Morgan fingerprint density at radius 2 is 2.05 bits per heavy atom. The molecule has 0 aromatic heterocycles. The molecule has 0 radical (unpaired) electrons. The van der Waals surface area contributed by atoms with Crippen LogP contribution < -0.4 is 0 Å². The lowest BCUT2D eigenvalue weighted by molar-refractivity contribution is -0.139. The molecule has 0 heterocycles. The molecule has 0 unspecified atom stereocenters. The van der Waals surface area contributed by atoms with Gasteiger partial charge in [-0.3, -0.25) is 4.79 Å². The fourth-order valence-corrected chi connectivity index (χ4v) is 1.99. The lowest BCUT2D eigenvalue weighted by atomic mass is 10.1. The van der Waals surface area contributed by atoms with Crippen molar-refractivity contribution in [2.45, 2.75) is 33.0 Å². The molecule has 1 N–H and O–H groups in total. The monoisotopic (exact) mass is 299 g/mol. The third-order valence-corrected chi connectivity index (χ3v) is 3.12. The quantitative estimate of drug-likeness (QED) is 0.841. The van der Waals surface area contributed by atoms with Crippen molar-refractivity contribution >= 4 is 17.5 Å². The fourth-order valence-electron chi connectivity index (χ4n) is 1.80. The van der Waals surface area contributed by atoms with Crippen LogP contribution in [0, 0.1) is 0 Å². The summed E-state index contributed by atoms with van der Waals surface area (Å²) in [5.74, 6) is -0.137. The SMILES string of the molecule is CCN(CC(C)(C)O)C(=O)COCc1ccccc1Cl. The Morgan fingerprint density at radius 1 is 1.40 bits per heavy atom. The zero-order chi connectivity index (χ0) is 15.2. The molecule has 0 aliphatic carbocycles. The lowest BCUT2D eigenvalue weighted by Gasteiger charge is -2.28. The molecule has 0 saturated heterocycles. The van der Waals surface area contributed by atoms with Gasteiger partial charge in [-0.25, -0.2) is 0 Å². The molecule has 0 aliphatic rings. The van der Waals surface area contributed by atoms with E-state index in [2.05, 4.69) is 0 Å². The topological polar surface area (TPSA) is 49.8 Å². The fraction of sp³-hybridized carbons (Fsp3) is 0.533. The number of carbonyl (C=O) groups excluding carboxylic acids is 1. The van der Waals surface area contributed by atoms with E-state index in [1.165, 1.54) is 0 Å². The summed E-state index contributed by atoms with van der Waals surface area (Å²) >= 11 is 6.01. The van der Waals surface area contributed by atoms with Crippen molar-refractivity contribution in [1.29, 1.82) is 0 Å². The number of benzene rings is 1. The molecule has 112 valence electrons. The minimum atomic E-state index is -0.908.